The maximum absolute atomic E-state index is 2.36. The molecule has 3 atom stereocenters. The third kappa shape index (κ3) is 10.5. The Bertz CT molecular complexity index is 109. The van der Waals surface area contributed by atoms with Crippen molar-refractivity contribution in [3.63, 3.8) is 0 Å². The lowest BCUT2D eigenvalue weighted by Gasteiger charge is -2.05. The maximum atomic E-state index is 2.36. The van der Waals surface area contributed by atoms with Crippen molar-refractivity contribution in [1.82, 2.24) is 0 Å². The lowest BCUT2D eigenvalue weighted by molar-refractivity contribution is 0.457. The molecule has 0 saturated heterocycles. The van der Waals surface area contributed by atoms with Crippen LogP contribution in [0.25, 0.3) is 0 Å². The fraction of sp³-hybridized carbons (Fsp3) is 1.00. The topological polar surface area (TPSA) is 0 Å². The average Bonchev–Trinajstić information content (AvgIpc) is 2.67. The van der Waals surface area contributed by atoms with E-state index in [0.717, 1.165) is 17.8 Å². The average molecular weight is 228 g/mol. The standard InChI is InChI=1S/C7H14.C7H16.C2H6/c1-6-4-3-5-7(6)2;1-4-6-7(3)5-2;1-2/h6-7H,3-5H2,1-2H3;7H,4-6H2,1-3H3;1-2H3. The minimum absolute atomic E-state index is 0.949. The van der Waals surface area contributed by atoms with Gasteiger partial charge in [0.2, 0.25) is 0 Å². The van der Waals surface area contributed by atoms with Crippen molar-refractivity contribution in [3.05, 3.63) is 0 Å². The molecule has 0 amide bonds. The van der Waals surface area contributed by atoms with Gasteiger partial charge in [0.05, 0.1) is 0 Å². The Labute approximate surface area is 105 Å². The van der Waals surface area contributed by atoms with E-state index in [4.69, 9.17) is 0 Å². The molecule has 0 aromatic heterocycles. The van der Waals surface area contributed by atoms with Crippen molar-refractivity contribution < 1.29 is 0 Å². The molecule has 100 valence electrons. The van der Waals surface area contributed by atoms with Crippen molar-refractivity contribution in [2.24, 2.45) is 17.8 Å². The second-order valence-corrected chi connectivity index (χ2v) is 5.19. The molecule has 0 heterocycles. The van der Waals surface area contributed by atoms with Gasteiger partial charge in [-0.15, -0.1) is 0 Å². The molecule has 0 aromatic rings. The van der Waals surface area contributed by atoms with Gasteiger partial charge in [0, 0.05) is 0 Å². The van der Waals surface area contributed by atoms with E-state index in [1.54, 1.807) is 0 Å². The summed E-state index contributed by atoms with van der Waals surface area (Å²) in [5, 5.41) is 0. The summed E-state index contributed by atoms with van der Waals surface area (Å²) in [5.74, 6) is 2.98. The van der Waals surface area contributed by atoms with Crippen LogP contribution in [0.2, 0.25) is 0 Å². The Morgan fingerprint density at radius 2 is 1.44 bits per heavy atom. The van der Waals surface area contributed by atoms with E-state index in [-0.39, 0.29) is 0 Å². The summed E-state index contributed by atoms with van der Waals surface area (Å²) in [7, 11) is 0. The van der Waals surface area contributed by atoms with Gasteiger partial charge < -0.3 is 0 Å². The fourth-order valence-electron chi connectivity index (χ4n) is 2.03. The first kappa shape index (κ1) is 18.4. The third-order valence-electron chi connectivity index (χ3n) is 3.77. The highest BCUT2D eigenvalue weighted by Gasteiger charge is 2.17. The summed E-state index contributed by atoms with van der Waals surface area (Å²) in [6.07, 6.45) is 8.50. The molecule has 16 heavy (non-hydrogen) atoms. The summed E-state index contributed by atoms with van der Waals surface area (Å²) >= 11 is 0. The Morgan fingerprint density at radius 3 is 1.56 bits per heavy atom. The lowest BCUT2D eigenvalue weighted by atomic mass is 10.0. The summed E-state index contributed by atoms with van der Waals surface area (Å²) in [6.45, 7) is 15.5. The first-order chi connectivity index (χ1) is 7.61. The van der Waals surface area contributed by atoms with Gasteiger partial charge in [0.1, 0.15) is 0 Å². The molecule has 0 bridgehead atoms. The maximum Gasteiger partial charge on any atom is -0.0417 e. The van der Waals surface area contributed by atoms with Crippen molar-refractivity contribution in [1.29, 1.82) is 0 Å². The van der Waals surface area contributed by atoms with Crippen LogP contribution in [0.3, 0.4) is 0 Å². The van der Waals surface area contributed by atoms with Gasteiger partial charge >= 0.3 is 0 Å². The van der Waals surface area contributed by atoms with Gasteiger partial charge in [0.25, 0.3) is 0 Å². The highest BCUT2D eigenvalue weighted by atomic mass is 14.2. The van der Waals surface area contributed by atoms with E-state index in [2.05, 4.69) is 34.6 Å². The highest BCUT2D eigenvalue weighted by molar-refractivity contribution is 4.69. The van der Waals surface area contributed by atoms with Crippen molar-refractivity contribution in [2.45, 2.75) is 87.0 Å². The molecule has 0 spiro atoms. The van der Waals surface area contributed by atoms with E-state index in [1.807, 2.05) is 13.8 Å². The normalized spacial score (nSPS) is 24.9. The highest BCUT2D eigenvalue weighted by Crippen LogP contribution is 2.29. The van der Waals surface area contributed by atoms with Crippen LogP contribution >= 0.6 is 0 Å². The summed E-state index contributed by atoms with van der Waals surface area (Å²) in [4.78, 5) is 0. The Kier molecular flexibility index (Phi) is 15.0. The zero-order valence-electron chi connectivity index (χ0n) is 13.0. The zero-order chi connectivity index (χ0) is 13.0. The van der Waals surface area contributed by atoms with Crippen molar-refractivity contribution >= 4 is 0 Å². The van der Waals surface area contributed by atoms with Crippen molar-refractivity contribution in [2.75, 3.05) is 0 Å². The quantitative estimate of drug-likeness (QED) is 0.531. The predicted octanol–water partition coefficient (Wildman–Crippen LogP) is 6.30. The van der Waals surface area contributed by atoms with E-state index < -0.39 is 0 Å². The third-order valence-corrected chi connectivity index (χ3v) is 3.77. The minimum Gasteiger partial charge on any atom is -0.0683 e. The zero-order valence-corrected chi connectivity index (χ0v) is 13.0. The lowest BCUT2D eigenvalue weighted by Crippen LogP contribution is -1.95. The minimum atomic E-state index is 0.949. The smallest absolute Gasteiger partial charge is 0.0417 e. The van der Waals surface area contributed by atoms with E-state index >= 15 is 0 Å². The SMILES string of the molecule is CC.CC1CCCC1C.CCCC(C)CC. The first-order valence-electron chi connectivity index (χ1n) is 7.61. The Morgan fingerprint density at radius 1 is 1.00 bits per heavy atom. The second-order valence-electron chi connectivity index (χ2n) is 5.19. The number of hydrogen-bond acceptors (Lipinski definition) is 0. The molecule has 1 aliphatic rings. The summed E-state index contributed by atoms with van der Waals surface area (Å²) < 4.78 is 0. The number of hydrogen-bond donors (Lipinski definition) is 0. The van der Waals surface area contributed by atoms with Crippen LogP contribution in [0, 0.1) is 17.8 Å². The molecule has 0 radical (unpaired) electrons. The molecule has 0 nitrogen and oxygen atoms in total. The molecular weight excluding hydrogens is 192 g/mol. The van der Waals surface area contributed by atoms with Gasteiger partial charge in [-0.25, -0.2) is 0 Å². The van der Waals surface area contributed by atoms with Crippen LogP contribution in [0.5, 0.6) is 0 Å². The monoisotopic (exact) mass is 228 g/mol. The first-order valence-corrected chi connectivity index (χ1v) is 7.61. The Balaban J connectivity index is 0. The molecule has 0 N–H and O–H groups in total. The van der Waals surface area contributed by atoms with Gasteiger partial charge in [-0.05, 0) is 17.8 Å². The van der Waals surface area contributed by atoms with Gasteiger partial charge in [-0.2, -0.15) is 0 Å². The number of rotatable bonds is 3. The Hall–Kier alpha value is 0. The predicted molar refractivity (Wildman–Crippen MR) is 77.9 cm³/mol. The molecule has 3 unspecified atom stereocenters. The van der Waals surface area contributed by atoms with E-state index in [0.29, 0.717) is 0 Å². The van der Waals surface area contributed by atoms with Crippen LogP contribution in [0.15, 0.2) is 0 Å². The van der Waals surface area contributed by atoms with Crippen LogP contribution in [-0.2, 0) is 0 Å². The van der Waals surface area contributed by atoms with Crippen LogP contribution in [-0.4, -0.2) is 0 Å². The summed E-state index contributed by atoms with van der Waals surface area (Å²) in [5.41, 5.74) is 0. The largest absolute Gasteiger partial charge is 0.0683 e. The van der Waals surface area contributed by atoms with Crippen LogP contribution < -0.4 is 0 Å². The molecule has 1 aliphatic carbocycles. The van der Waals surface area contributed by atoms with Crippen molar-refractivity contribution in [3.8, 4) is 0 Å². The van der Waals surface area contributed by atoms with Crippen LogP contribution in [0.1, 0.15) is 87.0 Å². The molecule has 1 fully saturated rings. The second kappa shape index (κ2) is 13.1. The van der Waals surface area contributed by atoms with Gasteiger partial charge in [-0.3, -0.25) is 0 Å². The van der Waals surface area contributed by atoms with Gasteiger partial charge in [0.15, 0.2) is 0 Å². The molecule has 0 heteroatoms. The molecule has 1 rings (SSSR count). The fourth-order valence-corrected chi connectivity index (χ4v) is 2.03. The van der Waals surface area contributed by atoms with Crippen LogP contribution in [0.4, 0.5) is 0 Å². The molecule has 1 saturated carbocycles. The molecule has 0 aromatic carbocycles. The van der Waals surface area contributed by atoms with Gasteiger partial charge in [-0.1, -0.05) is 87.0 Å². The van der Waals surface area contributed by atoms with E-state index in [9.17, 15) is 0 Å². The molecule has 0 aliphatic heterocycles. The summed E-state index contributed by atoms with van der Waals surface area (Å²) in [6, 6.07) is 0. The molecular formula is C16H36. The van der Waals surface area contributed by atoms with E-state index in [1.165, 1.54) is 38.5 Å².